The highest BCUT2D eigenvalue weighted by Crippen LogP contribution is 2.26. The maximum Gasteiger partial charge on any atom is 0.215 e. The van der Waals surface area contributed by atoms with Gasteiger partial charge in [-0.15, -0.1) is 0 Å². The first-order valence-corrected chi connectivity index (χ1v) is 8.08. The fourth-order valence-electron chi connectivity index (χ4n) is 2.54. The van der Waals surface area contributed by atoms with E-state index in [9.17, 15) is 4.79 Å². The van der Waals surface area contributed by atoms with E-state index < -0.39 is 0 Å². The molecule has 0 spiro atoms. The van der Waals surface area contributed by atoms with Gasteiger partial charge in [-0.05, 0) is 23.7 Å². The molecule has 0 amide bonds. The zero-order valence-corrected chi connectivity index (χ0v) is 11.5. The van der Waals surface area contributed by atoms with Gasteiger partial charge in [-0.25, -0.2) is 0 Å². The highest BCUT2D eigenvalue weighted by Gasteiger charge is 2.41. The molecule has 2 rings (SSSR count). The lowest BCUT2D eigenvalue weighted by Gasteiger charge is -2.18. The Morgan fingerprint density at radius 2 is 1.71 bits per heavy atom. The van der Waals surface area contributed by atoms with Crippen molar-refractivity contribution in [1.82, 2.24) is 0 Å². The molecule has 0 aliphatic carbocycles. The summed E-state index contributed by atoms with van der Waals surface area (Å²) >= 11 is 0. The van der Waals surface area contributed by atoms with Crippen molar-refractivity contribution in [3.63, 3.8) is 0 Å². The van der Waals surface area contributed by atoms with Crippen molar-refractivity contribution in [2.45, 2.75) is 31.9 Å². The molecule has 0 aromatic heterocycles. The minimum Gasteiger partial charge on any atom is -0.288 e. The summed E-state index contributed by atoms with van der Waals surface area (Å²) in [5.41, 5.74) is 0.894. The predicted molar refractivity (Wildman–Crippen MR) is 75.7 cm³/mol. The number of hydrogen-bond donors (Lipinski definition) is 0. The van der Waals surface area contributed by atoms with Crippen LogP contribution in [0.1, 0.15) is 37.0 Å². The van der Waals surface area contributed by atoms with Crippen LogP contribution in [0.25, 0.3) is 0 Å². The van der Waals surface area contributed by atoms with Gasteiger partial charge >= 0.3 is 0 Å². The van der Waals surface area contributed by atoms with Crippen LogP contribution in [-0.4, -0.2) is 22.5 Å². The topological polar surface area (TPSA) is 17.1 Å². The molecule has 0 N–H and O–H groups in total. The lowest BCUT2D eigenvalue weighted by atomic mass is 10.0. The molecule has 1 aromatic rings. The molecule has 1 aromatic carbocycles. The fourth-order valence-corrected chi connectivity index (χ4v) is 5.61. The molecule has 17 heavy (non-hydrogen) atoms. The molecule has 1 unspecified atom stereocenters. The minimum atomic E-state index is 0.250. The molecule has 1 fully saturated rings. The van der Waals surface area contributed by atoms with E-state index in [-0.39, 0.29) is 5.25 Å². The summed E-state index contributed by atoms with van der Waals surface area (Å²) in [5.74, 6) is 3.36. The normalized spacial score (nSPS) is 18.5. The second-order valence-corrected chi connectivity index (χ2v) is 7.45. The molecule has 1 aliphatic heterocycles. The van der Waals surface area contributed by atoms with Crippen molar-refractivity contribution in [3.05, 3.63) is 35.9 Å². The molecule has 92 valence electrons. The first-order valence-electron chi connectivity index (χ1n) is 6.45. The molecule has 1 nitrogen and oxygen atoms in total. The highest BCUT2D eigenvalue weighted by molar-refractivity contribution is 7.98. The average molecular weight is 249 g/mol. The van der Waals surface area contributed by atoms with Crippen LogP contribution in [0.3, 0.4) is 0 Å². The Labute approximate surface area is 107 Å². The Bertz CT molecular complexity index is 366. The van der Waals surface area contributed by atoms with E-state index in [4.69, 9.17) is 0 Å². The lowest BCUT2D eigenvalue weighted by Crippen LogP contribution is -2.36. The number of carbonyl (C=O) groups is 1. The summed E-state index contributed by atoms with van der Waals surface area (Å²) in [5, 5.41) is 0.250. The summed E-state index contributed by atoms with van der Waals surface area (Å²) in [6, 6.07) is 9.80. The van der Waals surface area contributed by atoms with Crippen LogP contribution in [0.4, 0.5) is 0 Å². The summed E-state index contributed by atoms with van der Waals surface area (Å²) in [4.78, 5) is 12.6. The van der Waals surface area contributed by atoms with Gasteiger partial charge < -0.3 is 0 Å². The van der Waals surface area contributed by atoms with E-state index in [1.54, 1.807) is 0 Å². The molecule has 0 radical (unpaired) electrons. The predicted octanol–water partition coefficient (Wildman–Crippen LogP) is 3.31. The van der Waals surface area contributed by atoms with Gasteiger partial charge in [-0.1, -0.05) is 44.2 Å². The van der Waals surface area contributed by atoms with Crippen molar-refractivity contribution in [2.24, 2.45) is 5.92 Å². The first kappa shape index (κ1) is 12.7. The van der Waals surface area contributed by atoms with Gasteiger partial charge in [0.1, 0.15) is 11.5 Å². The maximum absolute atomic E-state index is 12.6. The molecule has 1 aliphatic rings. The van der Waals surface area contributed by atoms with Crippen molar-refractivity contribution in [2.75, 3.05) is 11.5 Å². The quantitative estimate of drug-likeness (QED) is 0.591. The first-order chi connectivity index (χ1) is 8.20. The van der Waals surface area contributed by atoms with Gasteiger partial charge in [-0.2, -0.15) is 0 Å². The van der Waals surface area contributed by atoms with Crippen LogP contribution < -0.4 is 0 Å². The second-order valence-electron chi connectivity index (χ2n) is 5.05. The van der Waals surface area contributed by atoms with Crippen LogP contribution in [0.15, 0.2) is 30.3 Å². The zero-order valence-electron chi connectivity index (χ0n) is 10.7. The van der Waals surface area contributed by atoms with Gasteiger partial charge in [0.05, 0.1) is 0 Å². The summed E-state index contributed by atoms with van der Waals surface area (Å²) in [7, 11) is 0.325. The van der Waals surface area contributed by atoms with E-state index in [0.717, 1.165) is 5.56 Å². The molecule has 0 saturated carbocycles. The van der Waals surface area contributed by atoms with E-state index in [1.807, 2.05) is 30.3 Å². The summed E-state index contributed by atoms with van der Waals surface area (Å²) < 4.78 is 0. The van der Waals surface area contributed by atoms with Crippen LogP contribution in [0.2, 0.25) is 0 Å². The summed E-state index contributed by atoms with van der Waals surface area (Å²) in [6.45, 7) is 4.38. The Morgan fingerprint density at radius 1 is 1.12 bits per heavy atom. The Balaban J connectivity index is 2.19. The lowest BCUT2D eigenvalue weighted by molar-refractivity contribution is 0.0974. The fraction of sp³-hybridized carbons (Fsp3) is 0.533. The third-order valence-corrected chi connectivity index (χ3v) is 6.45. The van der Waals surface area contributed by atoms with Gasteiger partial charge in [0.25, 0.3) is 0 Å². The Kier molecular flexibility index (Phi) is 4.27. The maximum atomic E-state index is 12.6. The van der Waals surface area contributed by atoms with Crippen LogP contribution in [0.5, 0.6) is 0 Å². The third-order valence-electron chi connectivity index (χ3n) is 3.34. The number of Topliss-reactive ketones (excluding diaryl/α,β-unsaturated/α-hetero) is 1. The van der Waals surface area contributed by atoms with Crippen molar-refractivity contribution in [1.29, 1.82) is 0 Å². The molecule has 1 saturated heterocycles. The van der Waals surface area contributed by atoms with Crippen molar-refractivity contribution in [3.8, 4) is 0 Å². The molecular formula is C15H21OS+. The molecular weight excluding hydrogens is 228 g/mol. The Morgan fingerprint density at radius 3 is 2.24 bits per heavy atom. The Hall–Kier alpha value is -0.760. The smallest absolute Gasteiger partial charge is 0.215 e. The number of rotatable bonds is 4. The van der Waals surface area contributed by atoms with Crippen molar-refractivity contribution >= 4 is 16.7 Å². The van der Waals surface area contributed by atoms with E-state index >= 15 is 0 Å². The largest absolute Gasteiger partial charge is 0.288 e. The average Bonchev–Trinajstić information content (AvgIpc) is 2.83. The van der Waals surface area contributed by atoms with Crippen molar-refractivity contribution < 1.29 is 4.79 Å². The number of hydrogen-bond acceptors (Lipinski definition) is 1. The second kappa shape index (κ2) is 5.72. The van der Waals surface area contributed by atoms with Crippen LogP contribution in [-0.2, 0) is 10.9 Å². The standard InChI is InChI=1S/C15H21OS/c1-12(2)15(17-10-6-7-11-17)14(16)13-8-4-3-5-9-13/h3-5,8-9,12,15H,6-7,10-11H2,1-2H3/q+1. The minimum absolute atomic E-state index is 0.250. The number of carbonyl (C=O) groups excluding carboxylic acids is 1. The van der Waals surface area contributed by atoms with E-state index in [1.165, 1.54) is 24.3 Å². The van der Waals surface area contributed by atoms with Gasteiger partial charge in [-0.3, -0.25) is 4.79 Å². The molecule has 1 atom stereocenters. The molecule has 2 heteroatoms. The molecule has 0 bridgehead atoms. The number of benzene rings is 1. The SMILES string of the molecule is CC(C)C(C(=O)c1ccccc1)[S+]1CCCC1. The zero-order chi connectivity index (χ0) is 12.3. The monoisotopic (exact) mass is 249 g/mol. The third kappa shape index (κ3) is 2.92. The van der Waals surface area contributed by atoms with Crippen LogP contribution >= 0.6 is 0 Å². The number of ketones is 1. The van der Waals surface area contributed by atoms with E-state index in [2.05, 4.69) is 13.8 Å². The summed E-state index contributed by atoms with van der Waals surface area (Å²) in [6.07, 6.45) is 2.63. The van der Waals surface area contributed by atoms with Gasteiger partial charge in [0.15, 0.2) is 5.25 Å². The van der Waals surface area contributed by atoms with Gasteiger partial charge in [0.2, 0.25) is 5.78 Å². The highest BCUT2D eigenvalue weighted by atomic mass is 32.2. The molecule has 1 heterocycles. The van der Waals surface area contributed by atoms with E-state index in [0.29, 0.717) is 22.6 Å². The van der Waals surface area contributed by atoms with Gasteiger partial charge in [0, 0.05) is 11.5 Å². The van der Waals surface area contributed by atoms with Crippen LogP contribution in [0, 0.1) is 5.92 Å².